The molecule has 0 spiro atoms. The first-order valence-electron chi connectivity index (χ1n) is 5.86. The number of nitrogens with zero attached hydrogens (tertiary/aromatic N) is 1. The third-order valence-electron chi connectivity index (χ3n) is 3.27. The van der Waals surface area contributed by atoms with Crippen molar-refractivity contribution in [2.45, 2.75) is 25.3 Å². The molecule has 0 fully saturated rings. The van der Waals surface area contributed by atoms with Gasteiger partial charge < -0.3 is 15.7 Å². The van der Waals surface area contributed by atoms with E-state index in [0.29, 0.717) is 12.8 Å². The molecule has 1 amide bonds. The van der Waals surface area contributed by atoms with E-state index in [9.17, 15) is 9.59 Å². The molecule has 1 unspecified atom stereocenters. The Labute approximate surface area is 105 Å². The average Bonchev–Trinajstić information content (AvgIpc) is 2.62. The standard InChI is InChI=1S/C13H16N2O3/c1-15-11(16)7-8-3-2-4-9(13(8)15)10(14)5-6-12(17)18/h2-4,10H,5-7,14H2,1H3,(H,17,18). The second-order valence-corrected chi connectivity index (χ2v) is 4.52. The molecule has 2 rings (SSSR count). The van der Waals surface area contributed by atoms with Gasteiger partial charge in [0, 0.05) is 19.5 Å². The Hall–Kier alpha value is -1.88. The zero-order chi connectivity index (χ0) is 13.3. The van der Waals surface area contributed by atoms with Crippen LogP contribution in [0.25, 0.3) is 0 Å². The van der Waals surface area contributed by atoms with Gasteiger partial charge in [-0.3, -0.25) is 9.59 Å². The number of carboxylic acids is 1. The van der Waals surface area contributed by atoms with E-state index in [1.165, 1.54) is 0 Å². The Balaban J connectivity index is 2.27. The van der Waals surface area contributed by atoms with Crippen molar-refractivity contribution in [3.63, 3.8) is 0 Å². The number of likely N-dealkylation sites (N-methyl/N-ethyl adjacent to an activating group) is 1. The number of carboxylic acid groups (broad SMARTS) is 1. The molecule has 0 aliphatic carbocycles. The highest BCUT2D eigenvalue weighted by Crippen LogP contribution is 2.35. The summed E-state index contributed by atoms with van der Waals surface area (Å²) >= 11 is 0. The fraction of sp³-hybridized carbons (Fsp3) is 0.385. The summed E-state index contributed by atoms with van der Waals surface area (Å²) in [5.74, 6) is -0.814. The molecule has 3 N–H and O–H groups in total. The lowest BCUT2D eigenvalue weighted by molar-refractivity contribution is -0.137. The topological polar surface area (TPSA) is 83.6 Å². The number of hydrogen-bond acceptors (Lipinski definition) is 3. The van der Waals surface area contributed by atoms with Gasteiger partial charge in [0.25, 0.3) is 0 Å². The SMILES string of the molecule is CN1C(=O)Cc2cccc(C(N)CCC(=O)O)c21. The second-order valence-electron chi connectivity index (χ2n) is 4.52. The number of carbonyl (C=O) groups excluding carboxylic acids is 1. The van der Waals surface area contributed by atoms with Gasteiger partial charge in [-0.2, -0.15) is 0 Å². The molecular weight excluding hydrogens is 232 g/mol. The number of nitrogens with two attached hydrogens (primary N) is 1. The first-order chi connectivity index (χ1) is 8.50. The lowest BCUT2D eigenvalue weighted by Gasteiger charge is -2.19. The number of rotatable bonds is 4. The maximum absolute atomic E-state index is 11.7. The number of benzene rings is 1. The maximum Gasteiger partial charge on any atom is 0.303 e. The van der Waals surface area contributed by atoms with E-state index in [4.69, 9.17) is 10.8 Å². The zero-order valence-corrected chi connectivity index (χ0v) is 10.2. The van der Waals surface area contributed by atoms with Crippen molar-refractivity contribution in [2.75, 3.05) is 11.9 Å². The van der Waals surface area contributed by atoms with Gasteiger partial charge >= 0.3 is 5.97 Å². The summed E-state index contributed by atoms with van der Waals surface area (Å²) in [5, 5.41) is 8.68. The van der Waals surface area contributed by atoms with E-state index in [-0.39, 0.29) is 18.4 Å². The molecule has 1 atom stereocenters. The minimum atomic E-state index is -0.859. The Morgan fingerprint density at radius 1 is 1.56 bits per heavy atom. The van der Waals surface area contributed by atoms with E-state index >= 15 is 0 Å². The van der Waals surface area contributed by atoms with E-state index in [1.807, 2.05) is 18.2 Å². The molecule has 1 heterocycles. The molecule has 1 aromatic rings. The molecule has 0 bridgehead atoms. The minimum absolute atomic E-state index is 0.0303. The van der Waals surface area contributed by atoms with Crippen LogP contribution in [0, 0.1) is 0 Å². The van der Waals surface area contributed by atoms with Crippen LogP contribution in [-0.4, -0.2) is 24.0 Å². The van der Waals surface area contributed by atoms with Gasteiger partial charge in [-0.1, -0.05) is 18.2 Å². The second kappa shape index (κ2) is 4.78. The Kier molecular flexibility index (Phi) is 3.34. The fourth-order valence-corrected chi connectivity index (χ4v) is 2.30. The third kappa shape index (κ3) is 2.22. The average molecular weight is 248 g/mol. The van der Waals surface area contributed by atoms with Crippen LogP contribution in [0.15, 0.2) is 18.2 Å². The molecule has 1 aliphatic heterocycles. The molecule has 5 nitrogen and oxygen atoms in total. The Bertz CT molecular complexity index is 499. The highest BCUT2D eigenvalue weighted by molar-refractivity contribution is 6.01. The Morgan fingerprint density at radius 3 is 2.94 bits per heavy atom. The van der Waals surface area contributed by atoms with E-state index in [2.05, 4.69) is 0 Å². The number of para-hydroxylation sites is 1. The molecule has 5 heteroatoms. The predicted octanol–water partition coefficient (Wildman–Crippen LogP) is 1.07. The van der Waals surface area contributed by atoms with Crippen molar-refractivity contribution in [2.24, 2.45) is 5.73 Å². The van der Waals surface area contributed by atoms with Gasteiger partial charge in [-0.15, -0.1) is 0 Å². The van der Waals surface area contributed by atoms with Crippen LogP contribution < -0.4 is 10.6 Å². The molecule has 1 aliphatic rings. The number of aliphatic carboxylic acids is 1. The fourth-order valence-electron chi connectivity index (χ4n) is 2.30. The van der Waals surface area contributed by atoms with Gasteiger partial charge in [0.15, 0.2) is 0 Å². The van der Waals surface area contributed by atoms with Gasteiger partial charge in [-0.05, 0) is 17.5 Å². The van der Waals surface area contributed by atoms with Crippen molar-refractivity contribution < 1.29 is 14.7 Å². The number of fused-ring (bicyclic) bond motifs is 1. The van der Waals surface area contributed by atoms with E-state index in [0.717, 1.165) is 16.8 Å². The third-order valence-corrected chi connectivity index (χ3v) is 3.27. The highest BCUT2D eigenvalue weighted by atomic mass is 16.4. The number of hydrogen-bond donors (Lipinski definition) is 2. The van der Waals surface area contributed by atoms with Gasteiger partial charge in [0.05, 0.1) is 12.1 Å². The van der Waals surface area contributed by atoms with E-state index < -0.39 is 5.97 Å². The molecule has 18 heavy (non-hydrogen) atoms. The monoisotopic (exact) mass is 248 g/mol. The first-order valence-corrected chi connectivity index (χ1v) is 5.86. The van der Waals surface area contributed by atoms with Gasteiger partial charge in [0.2, 0.25) is 5.91 Å². The summed E-state index contributed by atoms with van der Waals surface area (Å²) in [6.07, 6.45) is 0.793. The summed E-state index contributed by atoms with van der Waals surface area (Å²) in [6, 6.07) is 5.27. The zero-order valence-electron chi connectivity index (χ0n) is 10.2. The molecule has 0 radical (unpaired) electrons. The summed E-state index contributed by atoms with van der Waals surface area (Å²) in [6.45, 7) is 0. The van der Waals surface area contributed by atoms with Crippen LogP contribution in [0.2, 0.25) is 0 Å². The van der Waals surface area contributed by atoms with Crippen LogP contribution in [0.4, 0.5) is 5.69 Å². The molecule has 96 valence electrons. The van der Waals surface area contributed by atoms with Crippen molar-refractivity contribution in [1.82, 2.24) is 0 Å². The molecule has 0 saturated carbocycles. The van der Waals surface area contributed by atoms with Crippen molar-refractivity contribution in [3.05, 3.63) is 29.3 Å². The van der Waals surface area contributed by atoms with Crippen LogP contribution in [0.1, 0.15) is 30.0 Å². The largest absolute Gasteiger partial charge is 0.481 e. The number of anilines is 1. The molecule has 1 aromatic carbocycles. The lowest BCUT2D eigenvalue weighted by atomic mass is 9.98. The summed E-state index contributed by atoms with van der Waals surface area (Å²) in [7, 11) is 1.72. The minimum Gasteiger partial charge on any atom is -0.481 e. The number of amides is 1. The van der Waals surface area contributed by atoms with Gasteiger partial charge in [0.1, 0.15) is 0 Å². The van der Waals surface area contributed by atoms with Crippen molar-refractivity contribution in [3.8, 4) is 0 Å². The van der Waals surface area contributed by atoms with Crippen LogP contribution in [0.3, 0.4) is 0 Å². The van der Waals surface area contributed by atoms with Crippen LogP contribution in [-0.2, 0) is 16.0 Å². The summed E-state index contributed by atoms with van der Waals surface area (Å²) in [5.41, 5.74) is 8.68. The van der Waals surface area contributed by atoms with Crippen molar-refractivity contribution in [1.29, 1.82) is 0 Å². The summed E-state index contributed by atoms with van der Waals surface area (Å²) in [4.78, 5) is 23.8. The van der Waals surface area contributed by atoms with Crippen LogP contribution >= 0.6 is 0 Å². The first kappa shape index (κ1) is 12.6. The molecule has 0 saturated heterocycles. The molecular formula is C13H16N2O3. The predicted molar refractivity (Wildman–Crippen MR) is 67.4 cm³/mol. The van der Waals surface area contributed by atoms with Crippen LogP contribution in [0.5, 0.6) is 0 Å². The normalized spacial score (nSPS) is 15.7. The number of carbonyl (C=O) groups is 2. The highest BCUT2D eigenvalue weighted by Gasteiger charge is 2.28. The molecule has 0 aromatic heterocycles. The Morgan fingerprint density at radius 2 is 2.28 bits per heavy atom. The van der Waals surface area contributed by atoms with Crippen molar-refractivity contribution >= 4 is 17.6 Å². The van der Waals surface area contributed by atoms with E-state index in [1.54, 1.807) is 11.9 Å². The lowest BCUT2D eigenvalue weighted by Crippen LogP contribution is -2.23. The van der Waals surface area contributed by atoms with Gasteiger partial charge in [-0.25, -0.2) is 0 Å². The summed E-state index contributed by atoms with van der Waals surface area (Å²) < 4.78 is 0. The maximum atomic E-state index is 11.7. The smallest absolute Gasteiger partial charge is 0.303 e. The quantitative estimate of drug-likeness (QED) is 0.834.